The molecule has 0 atom stereocenters. The lowest BCUT2D eigenvalue weighted by Gasteiger charge is -2.08. The summed E-state index contributed by atoms with van der Waals surface area (Å²) in [6.45, 7) is 5.75. The lowest BCUT2D eigenvalue weighted by molar-refractivity contribution is -0.142. The predicted molar refractivity (Wildman–Crippen MR) is 107 cm³/mol. The molecule has 0 aliphatic carbocycles. The van der Waals surface area contributed by atoms with Crippen LogP contribution in [0.2, 0.25) is 0 Å². The number of benzene rings is 1. The van der Waals surface area contributed by atoms with Gasteiger partial charge in [0.25, 0.3) is 0 Å². The van der Waals surface area contributed by atoms with Crippen molar-refractivity contribution in [2.75, 3.05) is 17.7 Å². The minimum Gasteiger partial charge on any atom is -0.466 e. The van der Waals surface area contributed by atoms with E-state index in [4.69, 9.17) is 4.74 Å². The first-order valence-electron chi connectivity index (χ1n) is 8.56. The van der Waals surface area contributed by atoms with Crippen molar-refractivity contribution < 1.29 is 19.1 Å². The molecular formula is C19H22N2O4S2. The van der Waals surface area contributed by atoms with Gasteiger partial charge in [0.1, 0.15) is 0 Å². The Morgan fingerprint density at radius 2 is 1.93 bits per heavy atom. The van der Waals surface area contributed by atoms with Crippen molar-refractivity contribution in [1.29, 1.82) is 0 Å². The fraction of sp³-hybridized carbons (Fsp3) is 0.368. The van der Waals surface area contributed by atoms with Crippen LogP contribution >= 0.6 is 23.1 Å². The number of thioether (sulfide) groups is 1. The Hall–Kier alpha value is -2.19. The highest BCUT2D eigenvalue weighted by Crippen LogP contribution is 2.24. The third kappa shape index (κ3) is 6.80. The molecule has 1 N–H and O–H groups in total. The number of esters is 1. The van der Waals surface area contributed by atoms with Gasteiger partial charge in [-0.1, -0.05) is 25.6 Å². The number of hydrogen-bond donors (Lipinski definition) is 1. The van der Waals surface area contributed by atoms with Gasteiger partial charge >= 0.3 is 5.97 Å². The van der Waals surface area contributed by atoms with Crippen LogP contribution in [-0.2, 0) is 20.7 Å². The molecule has 1 amide bonds. The highest BCUT2D eigenvalue weighted by molar-refractivity contribution is 8.01. The lowest BCUT2D eigenvalue weighted by atomic mass is 10.1. The average molecular weight is 407 g/mol. The van der Waals surface area contributed by atoms with E-state index < -0.39 is 0 Å². The SMILES string of the molecule is CCOC(=O)Cc1csc(SCC(=O)c2ccc(NC(=O)C(C)C)cc2)n1. The van der Waals surface area contributed by atoms with Crippen molar-refractivity contribution in [3.05, 3.63) is 40.9 Å². The van der Waals surface area contributed by atoms with Crippen LogP contribution in [0.1, 0.15) is 36.8 Å². The van der Waals surface area contributed by atoms with Gasteiger partial charge in [-0.25, -0.2) is 4.98 Å². The van der Waals surface area contributed by atoms with Crippen LogP contribution in [0.25, 0.3) is 0 Å². The molecule has 6 nitrogen and oxygen atoms in total. The maximum atomic E-state index is 12.3. The number of carbonyl (C=O) groups is 3. The Bertz CT molecular complexity index is 800. The monoisotopic (exact) mass is 406 g/mol. The maximum absolute atomic E-state index is 12.3. The largest absolute Gasteiger partial charge is 0.466 e. The molecule has 2 rings (SSSR count). The van der Waals surface area contributed by atoms with E-state index in [1.54, 1.807) is 36.6 Å². The number of Topliss-reactive ketones (excluding diaryl/α,β-unsaturated/α-hetero) is 1. The van der Waals surface area contributed by atoms with Gasteiger partial charge in [-0.3, -0.25) is 14.4 Å². The molecule has 0 radical (unpaired) electrons. The second-order valence-corrected chi connectivity index (χ2v) is 8.10. The zero-order valence-electron chi connectivity index (χ0n) is 15.5. The third-order valence-electron chi connectivity index (χ3n) is 3.49. The number of aromatic nitrogens is 1. The number of rotatable bonds is 9. The van der Waals surface area contributed by atoms with Crippen molar-refractivity contribution in [1.82, 2.24) is 4.98 Å². The van der Waals surface area contributed by atoms with E-state index in [0.29, 0.717) is 23.6 Å². The predicted octanol–water partition coefficient (Wildman–Crippen LogP) is 3.82. The molecule has 27 heavy (non-hydrogen) atoms. The third-order valence-corrected chi connectivity index (χ3v) is 5.56. The quantitative estimate of drug-likeness (QED) is 0.387. The van der Waals surface area contributed by atoms with Crippen molar-refractivity contribution in [3.8, 4) is 0 Å². The first kappa shape index (κ1) is 21.1. The van der Waals surface area contributed by atoms with Gasteiger partial charge in [-0.05, 0) is 31.2 Å². The summed E-state index contributed by atoms with van der Waals surface area (Å²) >= 11 is 2.74. The number of ketones is 1. The number of amides is 1. The van der Waals surface area contributed by atoms with Crippen molar-refractivity contribution in [2.24, 2.45) is 5.92 Å². The van der Waals surface area contributed by atoms with E-state index in [2.05, 4.69) is 10.3 Å². The van der Waals surface area contributed by atoms with Gasteiger partial charge < -0.3 is 10.1 Å². The van der Waals surface area contributed by atoms with Crippen molar-refractivity contribution in [2.45, 2.75) is 31.5 Å². The summed E-state index contributed by atoms with van der Waals surface area (Å²) in [4.78, 5) is 39.8. The number of anilines is 1. The summed E-state index contributed by atoms with van der Waals surface area (Å²) in [6, 6.07) is 6.85. The van der Waals surface area contributed by atoms with Gasteiger partial charge in [-0.15, -0.1) is 11.3 Å². The smallest absolute Gasteiger partial charge is 0.311 e. The van der Waals surface area contributed by atoms with E-state index in [-0.39, 0.29) is 35.8 Å². The Kier molecular flexibility index (Phi) is 7.99. The standard InChI is InChI=1S/C19H22N2O4S2/c1-4-25-17(23)9-15-10-26-19(21-15)27-11-16(22)13-5-7-14(8-6-13)20-18(24)12(2)3/h5-8,10,12H,4,9,11H2,1-3H3,(H,20,24). The zero-order chi connectivity index (χ0) is 19.8. The Morgan fingerprint density at radius 3 is 2.56 bits per heavy atom. The fourth-order valence-electron chi connectivity index (χ4n) is 2.03. The molecule has 0 fully saturated rings. The molecule has 144 valence electrons. The van der Waals surface area contributed by atoms with Crippen molar-refractivity contribution >= 4 is 46.4 Å². The van der Waals surface area contributed by atoms with Crippen LogP contribution < -0.4 is 5.32 Å². The van der Waals surface area contributed by atoms with Gasteiger partial charge in [0, 0.05) is 22.5 Å². The van der Waals surface area contributed by atoms with E-state index in [0.717, 1.165) is 4.34 Å². The molecule has 1 aromatic heterocycles. The topological polar surface area (TPSA) is 85.4 Å². The average Bonchev–Trinajstić information content (AvgIpc) is 3.07. The molecule has 0 saturated heterocycles. The van der Waals surface area contributed by atoms with Gasteiger partial charge in [0.15, 0.2) is 10.1 Å². The van der Waals surface area contributed by atoms with E-state index in [1.165, 1.54) is 23.1 Å². The highest BCUT2D eigenvalue weighted by atomic mass is 32.2. The van der Waals surface area contributed by atoms with Crippen LogP contribution in [0.15, 0.2) is 34.0 Å². The molecule has 1 heterocycles. The number of ether oxygens (including phenoxy) is 1. The van der Waals surface area contributed by atoms with Crippen LogP contribution in [0.4, 0.5) is 5.69 Å². The molecule has 8 heteroatoms. The van der Waals surface area contributed by atoms with Crippen LogP contribution in [-0.4, -0.2) is 35.0 Å². The summed E-state index contributed by atoms with van der Waals surface area (Å²) in [5.41, 5.74) is 1.90. The Balaban J connectivity index is 1.86. The zero-order valence-corrected chi connectivity index (χ0v) is 17.1. The molecule has 2 aromatic rings. The first-order valence-corrected chi connectivity index (χ1v) is 10.4. The molecule has 0 unspecified atom stereocenters. The number of nitrogens with zero attached hydrogens (tertiary/aromatic N) is 1. The second-order valence-electron chi connectivity index (χ2n) is 6.02. The first-order chi connectivity index (χ1) is 12.9. The Labute approximate surface area is 166 Å². The minimum atomic E-state index is -0.305. The van der Waals surface area contributed by atoms with E-state index >= 15 is 0 Å². The number of thiazole rings is 1. The van der Waals surface area contributed by atoms with E-state index in [1.807, 2.05) is 13.8 Å². The summed E-state index contributed by atoms with van der Waals surface area (Å²) in [5, 5.41) is 4.59. The summed E-state index contributed by atoms with van der Waals surface area (Å²) in [7, 11) is 0. The number of nitrogens with one attached hydrogen (secondary N) is 1. The molecule has 1 aromatic carbocycles. The second kappa shape index (κ2) is 10.2. The van der Waals surface area contributed by atoms with Crippen LogP contribution in [0.3, 0.4) is 0 Å². The van der Waals surface area contributed by atoms with Crippen LogP contribution in [0.5, 0.6) is 0 Å². The fourth-order valence-corrected chi connectivity index (χ4v) is 3.77. The molecule has 0 aliphatic heterocycles. The summed E-state index contributed by atoms with van der Waals surface area (Å²) < 4.78 is 5.64. The molecule has 0 spiro atoms. The highest BCUT2D eigenvalue weighted by Gasteiger charge is 2.12. The summed E-state index contributed by atoms with van der Waals surface area (Å²) in [5.74, 6) is -0.241. The molecule has 0 saturated carbocycles. The number of carbonyl (C=O) groups excluding carboxylic acids is 3. The van der Waals surface area contributed by atoms with E-state index in [9.17, 15) is 14.4 Å². The van der Waals surface area contributed by atoms with Crippen LogP contribution in [0, 0.1) is 5.92 Å². The van der Waals surface area contributed by atoms with Gasteiger partial charge in [-0.2, -0.15) is 0 Å². The minimum absolute atomic E-state index is 0.0242. The molecule has 0 bridgehead atoms. The summed E-state index contributed by atoms with van der Waals surface area (Å²) in [6.07, 6.45) is 0.141. The van der Waals surface area contributed by atoms with Gasteiger partial charge in [0.05, 0.1) is 24.5 Å². The molecule has 0 aliphatic rings. The number of hydrogen-bond acceptors (Lipinski definition) is 7. The lowest BCUT2D eigenvalue weighted by Crippen LogP contribution is -2.17. The Morgan fingerprint density at radius 1 is 1.22 bits per heavy atom. The van der Waals surface area contributed by atoms with Gasteiger partial charge in [0.2, 0.25) is 5.91 Å². The maximum Gasteiger partial charge on any atom is 0.311 e. The molecular weight excluding hydrogens is 384 g/mol. The normalized spacial score (nSPS) is 10.7. The van der Waals surface area contributed by atoms with Crippen molar-refractivity contribution in [3.63, 3.8) is 0 Å².